The van der Waals surface area contributed by atoms with Gasteiger partial charge >= 0.3 is 12.1 Å². The number of alkyl halides is 3. The van der Waals surface area contributed by atoms with Crippen LogP contribution in [0.5, 0.6) is 0 Å². The van der Waals surface area contributed by atoms with E-state index in [4.69, 9.17) is 9.26 Å². The average molecular weight is 528 g/mol. The first-order valence-corrected chi connectivity index (χ1v) is 12.9. The Morgan fingerprint density at radius 2 is 1.97 bits per heavy atom. The third kappa shape index (κ3) is 4.55. The first-order chi connectivity index (χ1) is 18.2. The number of aromatic carboxylic acids is 1. The van der Waals surface area contributed by atoms with Gasteiger partial charge in [-0.05, 0) is 56.2 Å². The molecule has 0 amide bonds. The molecule has 1 saturated carbocycles. The molecule has 3 aromatic rings. The number of benzene rings is 1. The Morgan fingerprint density at radius 1 is 1.18 bits per heavy atom. The quantitative estimate of drug-likeness (QED) is 0.386. The third-order valence-electron chi connectivity index (χ3n) is 8.07. The van der Waals surface area contributed by atoms with Crippen LogP contribution < -0.4 is 4.90 Å². The van der Waals surface area contributed by atoms with Gasteiger partial charge in [-0.25, -0.2) is 9.78 Å². The Bertz CT molecular complexity index is 1350. The van der Waals surface area contributed by atoms with E-state index in [1.807, 2.05) is 0 Å². The summed E-state index contributed by atoms with van der Waals surface area (Å²) < 4.78 is 53.3. The fourth-order valence-electron chi connectivity index (χ4n) is 6.13. The van der Waals surface area contributed by atoms with Crippen LogP contribution in [0.3, 0.4) is 0 Å². The monoisotopic (exact) mass is 527 g/mol. The number of carbonyl (C=O) groups is 1. The summed E-state index contributed by atoms with van der Waals surface area (Å²) in [5.74, 6) is 0.828. The number of aromatic nitrogens is 2. The highest BCUT2D eigenvalue weighted by Crippen LogP contribution is 2.47. The number of ether oxygens (including phenoxy) is 1. The maximum absolute atomic E-state index is 13.8. The number of hydrogen-bond donors (Lipinski definition) is 1. The normalized spacial score (nSPS) is 25.1. The second kappa shape index (κ2) is 9.41. The molecule has 0 spiro atoms. The van der Waals surface area contributed by atoms with Crippen molar-refractivity contribution in [2.75, 3.05) is 4.90 Å². The van der Waals surface area contributed by atoms with Crippen molar-refractivity contribution in [1.82, 2.24) is 10.1 Å². The number of hydrogen-bond acceptors (Lipinski definition) is 6. The van der Waals surface area contributed by atoms with Crippen LogP contribution in [-0.4, -0.2) is 39.4 Å². The Hall–Kier alpha value is -3.40. The number of rotatable bonds is 7. The second-order valence-corrected chi connectivity index (χ2v) is 10.6. The average Bonchev–Trinajstić information content (AvgIpc) is 3.61. The van der Waals surface area contributed by atoms with Crippen LogP contribution in [0, 0.1) is 5.92 Å². The van der Waals surface area contributed by atoms with Crippen molar-refractivity contribution in [2.24, 2.45) is 5.92 Å². The van der Waals surface area contributed by atoms with Gasteiger partial charge in [0.25, 0.3) is 0 Å². The van der Waals surface area contributed by atoms with Crippen LogP contribution in [0.1, 0.15) is 72.2 Å². The molecule has 0 radical (unpaired) electrons. The van der Waals surface area contributed by atoms with Gasteiger partial charge in [0.15, 0.2) is 0 Å². The van der Waals surface area contributed by atoms with Crippen molar-refractivity contribution in [1.29, 1.82) is 0 Å². The molecule has 1 N–H and O–H groups in total. The summed E-state index contributed by atoms with van der Waals surface area (Å²) in [6, 6.07) is 8.81. The van der Waals surface area contributed by atoms with Crippen LogP contribution in [0.15, 0.2) is 47.1 Å². The van der Waals surface area contributed by atoms with Crippen LogP contribution in [0.25, 0.3) is 11.3 Å². The fourth-order valence-corrected chi connectivity index (χ4v) is 6.13. The lowest BCUT2D eigenvalue weighted by Crippen LogP contribution is -2.47. The number of fused-ring (bicyclic) bond motifs is 2. The van der Waals surface area contributed by atoms with Gasteiger partial charge in [0, 0.05) is 35.3 Å². The minimum atomic E-state index is -4.51. The van der Waals surface area contributed by atoms with Crippen molar-refractivity contribution in [3.8, 4) is 11.3 Å². The number of pyridine rings is 1. The lowest BCUT2D eigenvalue weighted by Gasteiger charge is -2.40. The zero-order chi connectivity index (χ0) is 26.6. The van der Waals surface area contributed by atoms with Gasteiger partial charge in [-0.2, -0.15) is 13.2 Å². The third-order valence-corrected chi connectivity index (χ3v) is 8.07. The first-order valence-electron chi connectivity index (χ1n) is 12.9. The molecule has 2 aliphatic heterocycles. The molecule has 1 aromatic carbocycles. The van der Waals surface area contributed by atoms with E-state index in [1.54, 1.807) is 12.1 Å². The van der Waals surface area contributed by atoms with Crippen LogP contribution >= 0.6 is 0 Å². The van der Waals surface area contributed by atoms with Crippen molar-refractivity contribution >= 4 is 11.8 Å². The number of piperidine rings is 1. The number of carboxylic acids is 1. The molecule has 4 heterocycles. The van der Waals surface area contributed by atoms with Gasteiger partial charge in [-0.1, -0.05) is 30.3 Å². The number of halogens is 3. The molecule has 3 fully saturated rings. The molecule has 2 aromatic heterocycles. The highest BCUT2D eigenvalue weighted by Gasteiger charge is 2.46. The lowest BCUT2D eigenvalue weighted by atomic mass is 9.96. The maximum Gasteiger partial charge on any atom is 0.417 e. The van der Waals surface area contributed by atoms with E-state index in [0.29, 0.717) is 23.1 Å². The first kappa shape index (κ1) is 24.9. The highest BCUT2D eigenvalue weighted by molar-refractivity contribution is 5.88. The predicted molar refractivity (Wildman–Crippen MR) is 132 cm³/mol. The van der Waals surface area contributed by atoms with E-state index in [-0.39, 0.29) is 47.5 Å². The van der Waals surface area contributed by atoms with Crippen molar-refractivity contribution in [3.05, 3.63) is 65.0 Å². The van der Waals surface area contributed by atoms with Gasteiger partial charge in [-0.15, -0.1) is 0 Å². The molecular weight excluding hydrogens is 499 g/mol. The van der Waals surface area contributed by atoms with Gasteiger partial charge < -0.3 is 19.3 Å². The van der Waals surface area contributed by atoms with Gasteiger partial charge in [-0.3, -0.25) is 0 Å². The van der Waals surface area contributed by atoms with Crippen molar-refractivity contribution < 1.29 is 32.3 Å². The Kier molecular flexibility index (Phi) is 6.17. The van der Waals surface area contributed by atoms with Crippen molar-refractivity contribution in [3.63, 3.8) is 0 Å². The van der Waals surface area contributed by atoms with E-state index in [2.05, 4.69) is 22.0 Å². The van der Waals surface area contributed by atoms with Crippen LogP contribution in [0.4, 0.5) is 19.0 Å². The molecule has 200 valence electrons. The zero-order valence-corrected chi connectivity index (χ0v) is 20.8. The van der Waals surface area contributed by atoms with E-state index in [1.165, 1.54) is 24.4 Å². The largest absolute Gasteiger partial charge is 0.478 e. The van der Waals surface area contributed by atoms with E-state index in [0.717, 1.165) is 38.2 Å². The molecule has 6 rings (SSSR count). The summed E-state index contributed by atoms with van der Waals surface area (Å²) in [4.78, 5) is 18.1. The maximum atomic E-state index is 13.8. The zero-order valence-electron chi connectivity index (χ0n) is 20.8. The molecule has 7 nitrogen and oxygen atoms in total. The Labute approximate surface area is 217 Å². The number of carboxylic acid groups (broad SMARTS) is 1. The van der Waals surface area contributed by atoms with E-state index >= 15 is 0 Å². The number of anilines is 1. The summed E-state index contributed by atoms with van der Waals surface area (Å²) in [5, 5.41) is 13.5. The molecule has 2 bridgehead atoms. The molecule has 4 atom stereocenters. The highest BCUT2D eigenvalue weighted by atomic mass is 19.4. The summed E-state index contributed by atoms with van der Waals surface area (Å²) in [5.41, 5.74) is 0.258. The predicted octanol–water partition coefficient (Wildman–Crippen LogP) is 6.29. The Balaban J connectivity index is 1.23. The van der Waals surface area contributed by atoms with Gasteiger partial charge in [0.2, 0.25) is 0 Å². The SMILES string of the molecule is C[C@@H]1CC2CC(OCc3c(-c4ccccc4C(F)(F)F)noc3C3CC3)CC1N2c1cc(C(=O)O)ccn1. The fraction of sp³-hybridized carbons (Fsp3) is 0.464. The second-order valence-electron chi connectivity index (χ2n) is 10.6. The topological polar surface area (TPSA) is 88.7 Å². The molecule has 2 saturated heterocycles. The molecular formula is C28H28F3N3O4. The van der Waals surface area contributed by atoms with E-state index < -0.39 is 17.7 Å². The molecule has 3 unspecified atom stereocenters. The van der Waals surface area contributed by atoms with E-state index in [9.17, 15) is 23.1 Å². The molecule has 38 heavy (non-hydrogen) atoms. The number of nitrogens with zero attached hydrogens (tertiary/aromatic N) is 3. The van der Waals surface area contributed by atoms with Gasteiger partial charge in [0.05, 0.1) is 23.8 Å². The summed E-state index contributed by atoms with van der Waals surface area (Å²) >= 11 is 0. The smallest absolute Gasteiger partial charge is 0.417 e. The summed E-state index contributed by atoms with van der Waals surface area (Å²) in [6.45, 7) is 2.31. The molecule has 3 aliphatic rings. The Morgan fingerprint density at radius 3 is 2.68 bits per heavy atom. The van der Waals surface area contributed by atoms with Crippen LogP contribution in [0.2, 0.25) is 0 Å². The summed E-state index contributed by atoms with van der Waals surface area (Å²) in [6.07, 6.45) is 1.14. The molecule has 1 aliphatic carbocycles. The van der Waals surface area contributed by atoms with Crippen LogP contribution in [-0.2, 0) is 17.5 Å². The lowest BCUT2D eigenvalue weighted by molar-refractivity contribution is -0.137. The van der Waals surface area contributed by atoms with Crippen molar-refractivity contribution in [2.45, 2.75) is 75.9 Å². The minimum Gasteiger partial charge on any atom is -0.478 e. The van der Waals surface area contributed by atoms with Gasteiger partial charge in [0.1, 0.15) is 17.3 Å². The molecule has 10 heteroatoms. The minimum absolute atomic E-state index is 0.00199. The summed E-state index contributed by atoms with van der Waals surface area (Å²) in [7, 11) is 0. The standard InChI is InChI=1S/C28H28F3N3O4/c1-15-10-18-12-19(13-23(15)34(18)24-11-17(27(35)36)8-9-32-24)37-14-21-25(33-38-26(21)16-6-7-16)20-4-2-3-5-22(20)28(29,30)31/h2-5,8-9,11,15-16,18-19,23H,6-7,10,12-14H2,1H3,(H,35,36)/t15-,18?,19?,23?/m1/s1.